The Morgan fingerprint density at radius 2 is 1.63 bits per heavy atom. The highest BCUT2D eigenvalue weighted by molar-refractivity contribution is 5.76. The first kappa shape index (κ1) is 27.6. The molecule has 4 heterocycles. The molecule has 2 aromatic carbocycles. The quantitative estimate of drug-likeness (QED) is 0.303. The molecule has 0 amide bonds. The van der Waals surface area contributed by atoms with Gasteiger partial charge in [0.1, 0.15) is 11.5 Å². The molecule has 216 valence electrons. The molecule has 0 bridgehead atoms. The zero-order valence-corrected chi connectivity index (χ0v) is 26.3. The lowest BCUT2D eigenvalue weighted by atomic mass is 9.67. The lowest BCUT2D eigenvalue weighted by Gasteiger charge is -2.49. The van der Waals surface area contributed by atoms with E-state index < -0.39 is 0 Å². The minimum Gasteiger partial charge on any atom is -0.497 e. The van der Waals surface area contributed by atoms with E-state index in [1.54, 1.807) is 14.2 Å². The third-order valence-corrected chi connectivity index (χ3v) is 9.33. The Labute approximate surface area is 243 Å². The number of nitrogens with zero attached hydrogens (tertiary/aromatic N) is 5. The van der Waals surface area contributed by atoms with Crippen LogP contribution >= 0.6 is 0 Å². The van der Waals surface area contributed by atoms with Crippen molar-refractivity contribution in [3.63, 3.8) is 0 Å². The van der Waals surface area contributed by atoms with Gasteiger partial charge in [0.2, 0.25) is 0 Å². The summed E-state index contributed by atoms with van der Waals surface area (Å²) in [4.78, 5) is 2.63. The zero-order valence-electron chi connectivity index (χ0n) is 26.3. The monoisotopic (exact) mass is 553 g/mol. The van der Waals surface area contributed by atoms with Gasteiger partial charge >= 0.3 is 0 Å². The summed E-state index contributed by atoms with van der Waals surface area (Å²) in [5, 5.41) is 15.5. The largest absolute Gasteiger partial charge is 0.497 e. The number of fused-ring (bicyclic) bond motifs is 1. The number of ether oxygens (including phenoxy) is 2. The summed E-state index contributed by atoms with van der Waals surface area (Å²) in [5.41, 5.74) is 9.59. The second-order valence-corrected chi connectivity index (χ2v) is 14.1. The van der Waals surface area contributed by atoms with Crippen molar-refractivity contribution in [2.75, 3.05) is 32.2 Å². The van der Waals surface area contributed by atoms with Gasteiger partial charge in [0.25, 0.3) is 0 Å². The van der Waals surface area contributed by atoms with Gasteiger partial charge in [-0.1, -0.05) is 48.5 Å². The molecule has 0 radical (unpaired) electrons. The molecule has 0 spiro atoms. The van der Waals surface area contributed by atoms with E-state index in [4.69, 9.17) is 19.7 Å². The highest BCUT2D eigenvalue weighted by Crippen LogP contribution is 2.51. The number of benzene rings is 2. The van der Waals surface area contributed by atoms with E-state index in [9.17, 15) is 0 Å². The first-order chi connectivity index (χ1) is 19.3. The van der Waals surface area contributed by atoms with Crippen LogP contribution in [0.15, 0.2) is 24.3 Å². The number of methoxy groups -OCH3 is 2. The first-order valence-electron chi connectivity index (χ1n) is 14.7. The molecule has 0 atom stereocenters. The van der Waals surface area contributed by atoms with Gasteiger partial charge in [-0.05, 0) is 83.2 Å². The summed E-state index contributed by atoms with van der Waals surface area (Å²) < 4.78 is 13.1. The van der Waals surface area contributed by atoms with Gasteiger partial charge in [0.15, 0.2) is 11.5 Å². The molecule has 0 N–H and O–H groups in total. The fourth-order valence-corrected chi connectivity index (χ4v) is 6.84. The molecular weight excluding hydrogens is 510 g/mol. The summed E-state index contributed by atoms with van der Waals surface area (Å²) in [6.07, 6.45) is 4.64. The average Bonchev–Trinajstić information content (AvgIpc) is 3.48. The van der Waals surface area contributed by atoms with Crippen LogP contribution in [0, 0.1) is 6.92 Å². The van der Waals surface area contributed by atoms with Gasteiger partial charge in [0, 0.05) is 29.4 Å². The fourth-order valence-electron chi connectivity index (χ4n) is 6.84. The summed E-state index contributed by atoms with van der Waals surface area (Å²) in [6, 6.07) is 8.15. The molecule has 0 aliphatic carbocycles. The first-order valence-corrected chi connectivity index (χ1v) is 14.7. The van der Waals surface area contributed by atoms with E-state index in [1.807, 2.05) is 22.7 Å². The molecule has 2 aliphatic rings. The van der Waals surface area contributed by atoms with Crippen LogP contribution in [-0.2, 0) is 16.2 Å². The molecule has 7 nitrogen and oxygen atoms in total. The number of hydrogen-bond donors (Lipinski definition) is 0. The van der Waals surface area contributed by atoms with E-state index in [1.165, 1.54) is 27.9 Å². The number of anilines is 1. The molecule has 2 aromatic heterocycles. The Balaban J connectivity index is 1.65. The lowest BCUT2D eigenvalue weighted by molar-refractivity contribution is 0.400. The van der Waals surface area contributed by atoms with Gasteiger partial charge in [-0.15, -0.1) is 10.2 Å². The average molecular weight is 554 g/mol. The number of hydrogen-bond acceptors (Lipinski definition) is 6. The SMILES string of the molecule is COc1ccc(OC)c(-c2nnc3/c(=C\c4cc5c6c(c4C)C(C)(C)CCN6CCC5(C)C)c(C(C)(C)C)nn23)c1. The van der Waals surface area contributed by atoms with Crippen LogP contribution in [0.2, 0.25) is 0 Å². The molecule has 0 fully saturated rings. The van der Waals surface area contributed by atoms with Crippen molar-refractivity contribution >= 4 is 17.4 Å². The number of rotatable bonds is 4. The van der Waals surface area contributed by atoms with E-state index >= 15 is 0 Å². The molecule has 6 rings (SSSR count). The van der Waals surface area contributed by atoms with Crippen molar-refractivity contribution < 1.29 is 9.47 Å². The van der Waals surface area contributed by atoms with E-state index in [2.05, 4.69) is 77.5 Å². The van der Waals surface area contributed by atoms with Gasteiger partial charge in [0.05, 0.1) is 25.5 Å². The Bertz CT molecular complexity index is 1720. The minimum absolute atomic E-state index is 0.110. The van der Waals surface area contributed by atoms with Crippen molar-refractivity contribution in [3.05, 3.63) is 57.4 Å². The van der Waals surface area contributed by atoms with Crippen molar-refractivity contribution in [1.29, 1.82) is 0 Å². The smallest absolute Gasteiger partial charge is 0.189 e. The summed E-state index contributed by atoms with van der Waals surface area (Å²) in [6.45, 7) is 20.8. The Kier molecular flexibility index (Phi) is 6.18. The van der Waals surface area contributed by atoms with Crippen molar-refractivity contribution in [3.8, 4) is 22.9 Å². The second kappa shape index (κ2) is 9.20. The molecule has 41 heavy (non-hydrogen) atoms. The topological polar surface area (TPSA) is 64.8 Å². The van der Waals surface area contributed by atoms with Crippen LogP contribution in [0.3, 0.4) is 0 Å². The zero-order chi connectivity index (χ0) is 29.5. The molecular formula is C34H43N5O2. The maximum Gasteiger partial charge on any atom is 0.189 e. The normalized spacial score (nSPS) is 18.1. The van der Waals surface area contributed by atoms with Gasteiger partial charge in [-0.3, -0.25) is 0 Å². The molecule has 4 aromatic rings. The predicted molar refractivity (Wildman–Crippen MR) is 165 cm³/mol. The Morgan fingerprint density at radius 3 is 2.29 bits per heavy atom. The van der Waals surface area contributed by atoms with Crippen LogP contribution in [0.4, 0.5) is 5.69 Å². The third-order valence-electron chi connectivity index (χ3n) is 9.33. The van der Waals surface area contributed by atoms with Crippen LogP contribution in [0.25, 0.3) is 23.1 Å². The fraction of sp³-hybridized carbons (Fsp3) is 0.500. The summed E-state index contributed by atoms with van der Waals surface area (Å²) >= 11 is 0. The molecule has 0 unspecified atom stereocenters. The Morgan fingerprint density at radius 1 is 0.927 bits per heavy atom. The van der Waals surface area contributed by atoms with Crippen LogP contribution in [0.5, 0.6) is 11.5 Å². The molecule has 7 heteroatoms. The maximum absolute atomic E-state index is 5.69. The van der Waals surface area contributed by atoms with Gasteiger partial charge in [-0.2, -0.15) is 9.61 Å². The highest BCUT2D eigenvalue weighted by Gasteiger charge is 2.41. The van der Waals surface area contributed by atoms with E-state index in [0.29, 0.717) is 11.6 Å². The number of aromatic nitrogens is 4. The molecule has 0 saturated carbocycles. The van der Waals surface area contributed by atoms with Crippen LogP contribution < -0.4 is 19.6 Å². The van der Waals surface area contributed by atoms with E-state index in [0.717, 1.165) is 53.8 Å². The predicted octanol–water partition coefficient (Wildman–Crippen LogP) is 6.13. The molecule has 2 aliphatic heterocycles. The lowest BCUT2D eigenvalue weighted by Crippen LogP contribution is -2.45. The van der Waals surface area contributed by atoms with Crippen molar-refractivity contribution in [1.82, 2.24) is 19.8 Å². The summed E-state index contributed by atoms with van der Waals surface area (Å²) in [7, 11) is 3.32. The van der Waals surface area contributed by atoms with Crippen LogP contribution in [0.1, 0.15) is 89.3 Å². The highest BCUT2D eigenvalue weighted by atomic mass is 16.5. The van der Waals surface area contributed by atoms with Gasteiger partial charge in [-0.25, -0.2) is 0 Å². The second-order valence-electron chi connectivity index (χ2n) is 14.1. The van der Waals surface area contributed by atoms with Crippen LogP contribution in [-0.4, -0.2) is 47.1 Å². The minimum atomic E-state index is -0.200. The van der Waals surface area contributed by atoms with Crippen molar-refractivity contribution in [2.45, 2.75) is 84.5 Å². The van der Waals surface area contributed by atoms with Crippen molar-refractivity contribution in [2.24, 2.45) is 0 Å². The summed E-state index contributed by atoms with van der Waals surface area (Å²) in [5.74, 6) is 2.06. The molecule has 0 saturated heterocycles. The Hall–Kier alpha value is -3.61. The third kappa shape index (κ3) is 4.27. The maximum atomic E-state index is 5.69. The van der Waals surface area contributed by atoms with E-state index in [-0.39, 0.29) is 16.2 Å². The van der Waals surface area contributed by atoms with Gasteiger partial charge < -0.3 is 14.4 Å². The standard InChI is InChI=1S/C34H43N5O2/c1-20-21(18-25-28-27(20)34(7,8)14-16-38(28)15-13-33(25,5)6)17-24-29(32(2,3)4)37-39-30(35-36-31(24)39)23-19-22(40-9)11-12-26(23)41-10/h11-12,17-19H,13-16H2,1-10H3/b24-17-.